The minimum Gasteiger partial charge on any atom is -0.457 e. The van der Waals surface area contributed by atoms with Gasteiger partial charge in [0, 0.05) is 13.0 Å². The monoisotopic (exact) mass is 893 g/mol. The van der Waals surface area contributed by atoms with Crippen LogP contribution in [0.15, 0.2) is 12.2 Å². The lowest BCUT2D eigenvalue weighted by Gasteiger charge is -2.41. The van der Waals surface area contributed by atoms with E-state index in [4.69, 9.17) is 18.9 Å². The Balaban J connectivity index is 2.37. The fraction of sp³-hybridized carbons (Fsp3) is 0.938. The highest BCUT2D eigenvalue weighted by atomic mass is 32.3. The topological polar surface area (TPSA) is 178 Å². The summed E-state index contributed by atoms with van der Waals surface area (Å²) in [6, 6.07) is 0. The van der Waals surface area contributed by atoms with Crippen LogP contribution in [0.1, 0.15) is 226 Å². The van der Waals surface area contributed by atoms with Gasteiger partial charge in [0.2, 0.25) is 0 Å². The van der Waals surface area contributed by atoms with Gasteiger partial charge in [-0.1, -0.05) is 193 Å². The fourth-order valence-electron chi connectivity index (χ4n) is 7.85. The zero-order valence-corrected chi connectivity index (χ0v) is 39.6. The second-order valence-corrected chi connectivity index (χ2v) is 18.5. The molecule has 0 aliphatic carbocycles. The van der Waals surface area contributed by atoms with Gasteiger partial charge in [0.1, 0.15) is 30.5 Å². The van der Waals surface area contributed by atoms with E-state index >= 15 is 0 Å². The van der Waals surface area contributed by atoms with Crippen molar-refractivity contribution in [3.8, 4) is 0 Å². The molecule has 0 aromatic carbocycles. The maximum absolute atomic E-state index is 12.9. The van der Waals surface area contributed by atoms with Gasteiger partial charge in [-0.05, 0) is 38.5 Å². The minimum absolute atomic E-state index is 0.0396. The Morgan fingerprint density at radius 3 is 1.48 bits per heavy atom. The van der Waals surface area contributed by atoms with Gasteiger partial charge in [0.05, 0.1) is 19.8 Å². The molecule has 4 N–H and O–H groups in total. The summed E-state index contributed by atoms with van der Waals surface area (Å²) in [5.41, 5.74) is 0. The van der Waals surface area contributed by atoms with E-state index in [1.807, 2.05) is 0 Å². The number of ether oxygens (including phenoxy) is 4. The van der Waals surface area contributed by atoms with Crippen molar-refractivity contribution in [1.82, 2.24) is 0 Å². The molecule has 1 aliphatic heterocycles. The highest BCUT2D eigenvalue weighted by molar-refractivity contribution is 7.80. The third kappa shape index (κ3) is 33.9. The molecular weight excluding hydrogens is 801 g/mol. The number of esters is 1. The van der Waals surface area contributed by atoms with Gasteiger partial charge in [-0.25, -0.2) is 4.18 Å². The third-order valence-corrected chi connectivity index (χ3v) is 12.1. The van der Waals surface area contributed by atoms with Gasteiger partial charge in [0.15, 0.2) is 6.29 Å². The number of rotatable bonds is 44. The van der Waals surface area contributed by atoms with E-state index in [9.17, 15) is 33.1 Å². The zero-order chi connectivity index (χ0) is 44.7. The quantitative estimate of drug-likeness (QED) is 0.0197. The summed E-state index contributed by atoms with van der Waals surface area (Å²) in [4.78, 5) is 12.9. The second-order valence-electron chi connectivity index (χ2n) is 17.4. The normalized spacial score (nSPS) is 20.1. The van der Waals surface area contributed by atoms with Crippen LogP contribution in [0.5, 0.6) is 0 Å². The number of hydrogen-bond donors (Lipinski definition) is 4. The SMILES string of the molecule is CCCCCCCCC/C=C\CCCCCCCCCCOCC(COC1OC(CO)C(O)C(OS(=O)(=O)O)C1O)OC(=O)CCCCCCCCCCCCCCCCC. The summed E-state index contributed by atoms with van der Waals surface area (Å²) >= 11 is 0. The van der Waals surface area contributed by atoms with Gasteiger partial charge in [0.25, 0.3) is 0 Å². The van der Waals surface area contributed by atoms with Crippen molar-refractivity contribution in [2.75, 3.05) is 26.4 Å². The molecule has 0 radical (unpaired) electrons. The molecule has 1 heterocycles. The molecule has 0 bridgehead atoms. The number of carbonyl (C=O) groups is 1. The van der Waals surface area contributed by atoms with Crippen LogP contribution in [-0.2, 0) is 38.3 Å². The Labute approximate surface area is 372 Å². The Morgan fingerprint density at radius 2 is 1.03 bits per heavy atom. The van der Waals surface area contributed by atoms with Crippen molar-refractivity contribution >= 4 is 16.4 Å². The second kappa shape index (κ2) is 40.4. The predicted molar refractivity (Wildman–Crippen MR) is 244 cm³/mol. The molecule has 0 amide bonds. The standard InChI is InChI=1S/C48H92O12S/c1-3-5-7-9-11-13-15-17-19-20-21-22-24-26-28-30-32-34-36-38-56-40-42(41-57-48-46(52)47(60-61(53,54)55)45(51)43(39-49)59-48)58-44(50)37-35-33-31-29-27-25-23-18-16-14-12-10-8-6-4-2/h19-20,42-43,45-49,51-52H,3-18,21-41H2,1-2H3,(H,53,54,55)/b20-19-. The van der Waals surface area contributed by atoms with E-state index < -0.39 is 59.8 Å². The van der Waals surface area contributed by atoms with Crippen molar-refractivity contribution < 1.29 is 56.2 Å². The number of allylic oxidation sites excluding steroid dienone is 2. The van der Waals surface area contributed by atoms with Crippen molar-refractivity contribution in [1.29, 1.82) is 0 Å². The van der Waals surface area contributed by atoms with Crippen molar-refractivity contribution in [2.24, 2.45) is 0 Å². The van der Waals surface area contributed by atoms with E-state index in [1.54, 1.807) is 0 Å². The number of unbranched alkanes of at least 4 members (excludes halogenated alkanes) is 29. The van der Waals surface area contributed by atoms with Gasteiger partial charge in [-0.15, -0.1) is 0 Å². The summed E-state index contributed by atoms with van der Waals surface area (Å²) in [5, 5.41) is 30.7. The zero-order valence-electron chi connectivity index (χ0n) is 38.7. The van der Waals surface area contributed by atoms with Gasteiger partial charge >= 0.3 is 16.4 Å². The Kier molecular flexibility index (Phi) is 38.3. The molecule has 61 heavy (non-hydrogen) atoms. The first-order valence-corrected chi connectivity index (χ1v) is 26.3. The van der Waals surface area contributed by atoms with Crippen LogP contribution in [0.25, 0.3) is 0 Å². The molecule has 1 rings (SSSR count). The molecular formula is C48H92O12S. The number of carbonyl (C=O) groups excluding carboxylic acids is 1. The molecule has 13 heteroatoms. The number of aliphatic hydroxyl groups is 3. The average Bonchev–Trinajstić information content (AvgIpc) is 3.23. The van der Waals surface area contributed by atoms with Gasteiger partial charge < -0.3 is 34.3 Å². The molecule has 1 fully saturated rings. The molecule has 0 saturated carbocycles. The summed E-state index contributed by atoms with van der Waals surface area (Å²) in [6.45, 7) is 4.02. The first-order valence-electron chi connectivity index (χ1n) is 24.9. The Hall–Kier alpha value is -1.16. The molecule has 362 valence electrons. The van der Waals surface area contributed by atoms with Crippen LogP contribution >= 0.6 is 0 Å². The molecule has 1 saturated heterocycles. The lowest BCUT2D eigenvalue weighted by atomic mass is 9.99. The van der Waals surface area contributed by atoms with E-state index in [0.29, 0.717) is 13.0 Å². The molecule has 0 aromatic rings. The van der Waals surface area contributed by atoms with Gasteiger partial charge in [-0.3, -0.25) is 9.35 Å². The maximum atomic E-state index is 12.9. The van der Waals surface area contributed by atoms with Crippen LogP contribution in [0.4, 0.5) is 0 Å². The van der Waals surface area contributed by atoms with Gasteiger partial charge in [-0.2, -0.15) is 8.42 Å². The van der Waals surface area contributed by atoms with E-state index in [1.165, 1.54) is 161 Å². The molecule has 0 spiro atoms. The third-order valence-electron chi connectivity index (χ3n) is 11.6. The van der Waals surface area contributed by atoms with Crippen LogP contribution in [0, 0.1) is 0 Å². The summed E-state index contributed by atoms with van der Waals surface area (Å²) in [7, 11) is -5.06. The Bertz CT molecular complexity index is 1120. The molecule has 12 nitrogen and oxygen atoms in total. The van der Waals surface area contributed by atoms with Crippen LogP contribution in [0.2, 0.25) is 0 Å². The summed E-state index contributed by atoms with van der Waals surface area (Å²) in [5.74, 6) is -0.396. The molecule has 6 atom stereocenters. The molecule has 0 aromatic heterocycles. The highest BCUT2D eigenvalue weighted by Gasteiger charge is 2.48. The lowest BCUT2D eigenvalue weighted by molar-refractivity contribution is -0.301. The number of hydrogen-bond acceptors (Lipinski definition) is 11. The fourth-order valence-corrected chi connectivity index (χ4v) is 8.35. The summed E-state index contributed by atoms with van der Waals surface area (Å²) in [6.07, 6.45) is 35.3. The first-order chi connectivity index (χ1) is 29.6. The van der Waals surface area contributed by atoms with Crippen molar-refractivity contribution in [3.05, 3.63) is 12.2 Å². The first kappa shape index (κ1) is 57.9. The molecule has 6 unspecified atom stereocenters. The van der Waals surface area contributed by atoms with E-state index in [-0.39, 0.29) is 19.6 Å². The smallest absolute Gasteiger partial charge is 0.397 e. The van der Waals surface area contributed by atoms with Crippen LogP contribution in [0.3, 0.4) is 0 Å². The number of aliphatic hydroxyl groups excluding tert-OH is 3. The van der Waals surface area contributed by atoms with Crippen molar-refractivity contribution in [2.45, 2.75) is 263 Å². The van der Waals surface area contributed by atoms with Crippen LogP contribution in [-0.4, -0.2) is 97.5 Å². The van der Waals surface area contributed by atoms with E-state index in [0.717, 1.165) is 38.5 Å². The lowest BCUT2D eigenvalue weighted by Crippen LogP contribution is -2.60. The largest absolute Gasteiger partial charge is 0.457 e. The highest BCUT2D eigenvalue weighted by Crippen LogP contribution is 2.26. The summed E-state index contributed by atoms with van der Waals surface area (Å²) < 4.78 is 59.2. The van der Waals surface area contributed by atoms with Crippen molar-refractivity contribution in [3.63, 3.8) is 0 Å². The Morgan fingerprint density at radius 1 is 0.607 bits per heavy atom. The minimum atomic E-state index is -5.06. The average molecular weight is 893 g/mol. The maximum Gasteiger partial charge on any atom is 0.397 e. The van der Waals surface area contributed by atoms with Crippen LogP contribution < -0.4 is 0 Å². The predicted octanol–water partition coefficient (Wildman–Crippen LogP) is 11.0. The van der Waals surface area contributed by atoms with E-state index in [2.05, 4.69) is 30.2 Å². The molecule has 1 aliphatic rings.